The molecular weight excluding hydrogens is 531 g/mol. The summed E-state index contributed by atoms with van der Waals surface area (Å²) in [5.74, 6) is 0.145. The van der Waals surface area contributed by atoms with Crippen LogP contribution >= 0.6 is 22.6 Å². The second-order valence-corrected chi connectivity index (χ2v) is 10.3. The summed E-state index contributed by atoms with van der Waals surface area (Å²) >= 11 is 2.26. The fourth-order valence-electron chi connectivity index (χ4n) is 4.81. The number of carboxylic acid groups (broad SMARTS) is 1. The van der Waals surface area contributed by atoms with Crippen molar-refractivity contribution in [1.82, 2.24) is 5.32 Å². The van der Waals surface area contributed by atoms with Crippen LogP contribution in [-0.2, 0) is 16.1 Å². The maximum atomic E-state index is 13.6. The Labute approximate surface area is 208 Å². The van der Waals surface area contributed by atoms with Gasteiger partial charge < -0.3 is 14.7 Å². The number of anilines is 1. The summed E-state index contributed by atoms with van der Waals surface area (Å²) < 4.78 is 7.10. The zero-order valence-electron chi connectivity index (χ0n) is 18.7. The van der Waals surface area contributed by atoms with E-state index in [0.717, 1.165) is 15.6 Å². The summed E-state index contributed by atoms with van der Waals surface area (Å²) in [6.45, 7) is 0.500. The molecule has 1 aliphatic carbocycles. The summed E-state index contributed by atoms with van der Waals surface area (Å²) in [4.78, 5) is 27.4. The number of ether oxygens (including phenoxy) is 1. The Kier molecular flexibility index (Phi) is 8.25. The van der Waals surface area contributed by atoms with Gasteiger partial charge in [0.25, 0.3) is 0 Å². The number of halogens is 1. The van der Waals surface area contributed by atoms with Crippen LogP contribution in [0.1, 0.15) is 50.5 Å². The van der Waals surface area contributed by atoms with Gasteiger partial charge in [0.1, 0.15) is 24.4 Å². The van der Waals surface area contributed by atoms with Gasteiger partial charge in [-0.15, -0.1) is 0 Å². The third-order valence-corrected chi connectivity index (χ3v) is 7.39. The van der Waals surface area contributed by atoms with Gasteiger partial charge in [0, 0.05) is 3.57 Å². The number of hydrogen-bond donors (Lipinski definition) is 2. The number of carbonyl (C=O) groups is 2. The highest BCUT2D eigenvalue weighted by Gasteiger charge is 2.34. The normalized spacial score (nSPS) is 20.0. The minimum absolute atomic E-state index is 0.103. The summed E-state index contributed by atoms with van der Waals surface area (Å²) in [5, 5.41) is 13.0. The van der Waals surface area contributed by atoms with Crippen molar-refractivity contribution < 1.29 is 19.4 Å². The second kappa shape index (κ2) is 11.3. The molecule has 2 N–H and O–H groups in total. The lowest BCUT2D eigenvalue weighted by Crippen LogP contribution is -2.53. The lowest BCUT2D eigenvalue weighted by Gasteiger charge is -2.28. The molecule has 33 heavy (non-hydrogen) atoms. The molecule has 0 spiro atoms. The van der Waals surface area contributed by atoms with E-state index in [1.807, 2.05) is 48.5 Å². The summed E-state index contributed by atoms with van der Waals surface area (Å²) in [5.41, 5.74) is 1.71. The number of rotatable bonds is 8. The minimum Gasteiger partial charge on any atom is -0.489 e. The van der Waals surface area contributed by atoms with E-state index in [1.54, 1.807) is 4.90 Å². The smallest absolute Gasteiger partial charge is 0.320 e. The van der Waals surface area contributed by atoms with Crippen LogP contribution in [0.4, 0.5) is 5.69 Å². The molecule has 176 valence electrons. The molecule has 1 fully saturated rings. The predicted molar refractivity (Wildman–Crippen MR) is 136 cm³/mol. The Bertz CT molecular complexity index is 959. The molecule has 0 aromatic heterocycles. The monoisotopic (exact) mass is 562 g/mol. The number of benzene rings is 2. The minimum atomic E-state index is -0.912. The van der Waals surface area contributed by atoms with Crippen molar-refractivity contribution in [3.8, 4) is 5.75 Å². The Balaban J connectivity index is 1.51. The SMILES string of the molecule is O=C(O)[C@H](CCC1CCCCC1)N[C@H]1COc2ccccc2N(Cc2ccc(I)cc2)C1=O. The van der Waals surface area contributed by atoms with Crippen LogP contribution in [0.15, 0.2) is 48.5 Å². The summed E-state index contributed by atoms with van der Waals surface area (Å²) in [6.07, 6.45) is 7.50. The van der Waals surface area contributed by atoms with E-state index >= 15 is 0 Å². The molecule has 1 saturated carbocycles. The molecule has 2 aromatic rings. The van der Waals surface area contributed by atoms with E-state index in [1.165, 1.54) is 32.1 Å². The van der Waals surface area contributed by atoms with Gasteiger partial charge in [0.05, 0.1) is 12.2 Å². The van der Waals surface area contributed by atoms with Crippen LogP contribution in [0.3, 0.4) is 0 Å². The highest BCUT2D eigenvalue weighted by Crippen LogP contribution is 2.33. The standard InChI is InChI=1S/C26H31IN2O4/c27-20-13-10-19(11-14-20)16-29-23-8-4-5-9-24(23)33-17-22(25(29)30)28-21(26(31)32)15-12-18-6-2-1-3-7-18/h4-5,8-11,13-14,18,21-22,28H,1-3,6-7,12,15-17H2,(H,31,32)/t21-,22-/m0/s1. The average Bonchev–Trinajstić information content (AvgIpc) is 2.95. The third-order valence-electron chi connectivity index (χ3n) is 6.67. The van der Waals surface area contributed by atoms with Crippen molar-refractivity contribution in [3.63, 3.8) is 0 Å². The van der Waals surface area contributed by atoms with E-state index in [0.29, 0.717) is 30.3 Å². The maximum absolute atomic E-state index is 13.6. The molecule has 0 bridgehead atoms. The molecule has 1 amide bonds. The number of aliphatic carboxylic acids is 1. The first-order valence-electron chi connectivity index (χ1n) is 11.8. The highest BCUT2D eigenvalue weighted by molar-refractivity contribution is 14.1. The van der Waals surface area contributed by atoms with Gasteiger partial charge in [-0.2, -0.15) is 0 Å². The lowest BCUT2D eigenvalue weighted by molar-refractivity contribution is -0.140. The van der Waals surface area contributed by atoms with Crippen LogP contribution in [0.2, 0.25) is 0 Å². The molecular formula is C26H31IN2O4. The first kappa shape index (κ1) is 24.0. The van der Waals surface area contributed by atoms with Crippen molar-refractivity contribution in [2.45, 2.75) is 63.6 Å². The van der Waals surface area contributed by atoms with Crippen molar-refractivity contribution in [2.75, 3.05) is 11.5 Å². The Hall–Kier alpha value is -2.13. The van der Waals surface area contributed by atoms with Gasteiger partial charge in [0.2, 0.25) is 5.91 Å². The fraction of sp³-hybridized carbons (Fsp3) is 0.462. The molecule has 4 rings (SSSR count). The number of carboxylic acids is 1. The van der Waals surface area contributed by atoms with Crippen LogP contribution < -0.4 is 15.0 Å². The largest absolute Gasteiger partial charge is 0.489 e. The van der Waals surface area contributed by atoms with Crippen LogP contribution in [0.25, 0.3) is 0 Å². The first-order valence-corrected chi connectivity index (χ1v) is 12.9. The number of fused-ring (bicyclic) bond motifs is 1. The van der Waals surface area contributed by atoms with Crippen LogP contribution in [0, 0.1) is 9.49 Å². The van der Waals surface area contributed by atoms with Gasteiger partial charge in [-0.25, -0.2) is 0 Å². The number of nitrogens with zero attached hydrogens (tertiary/aromatic N) is 1. The molecule has 0 unspecified atom stereocenters. The van der Waals surface area contributed by atoms with E-state index in [-0.39, 0.29) is 12.5 Å². The zero-order chi connectivity index (χ0) is 23.2. The molecule has 0 saturated heterocycles. The van der Waals surface area contributed by atoms with Crippen molar-refractivity contribution in [3.05, 3.63) is 57.7 Å². The molecule has 1 aliphatic heterocycles. The quantitative estimate of drug-likeness (QED) is 0.444. The van der Waals surface area contributed by atoms with Crippen molar-refractivity contribution in [1.29, 1.82) is 0 Å². The summed E-state index contributed by atoms with van der Waals surface area (Å²) in [7, 11) is 0. The van der Waals surface area contributed by atoms with Crippen LogP contribution in [0.5, 0.6) is 5.75 Å². The van der Waals surface area contributed by atoms with Gasteiger partial charge >= 0.3 is 5.97 Å². The van der Waals surface area contributed by atoms with E-state index in [9.17, 15) is 14.7 Å². The Morgan fingerprint density at radius 1 is 1.12 bits per heavy atom. The molecule has 2 aliphatic rings. The Morgan fingerprint density at radius 2 is 1.85 bits per heavy atom. The Morgan fingerprint density at radius 3 is 2.58 bits per heavy atom. The third kappa shape index (κ3) is 6.26. The first-order chi connectivity index (χ1) is 16.0. The average molecular weight is 562 g/mol. The van der Waals surface area contributed by atoms with E-state index in [2.05, 4.69) is 27.9 Å². The van der Waals surface area contributed by atoms with Gasteiger partial charge in [0.15, 0.2) is 0 Å². The molecule has 1 heterocycles. The fourth-order valence-corrected chi connectivity index (χ4v) is 5.17. The number of para-hydroxylation sites is 2. The van der Waals surface area contributed by atoms with Gasteiger partial charge in [-0.05, 0) is 71.2 Å². The number of nitrogens with one attached hydrogen (secondary N) is 1. The lowest BCUT2D eigenvalue weighted by atomic mass is 9.85. The molecule has 2 atom stereocenters. The predicted octanol–water partition coefficient (Wildman–Crippen LogP) is 4.99. The zero-order valence-corrected chi connectivity index (χ0v) is 20.9. The highest BCUT2D eigenvalue weighted by atomic mass is 127. The summed E-state index contributed by atoms with van der Waals surface area (Å²) in [6, 6.07) is 14.0. The molecule has 0 radical (unpaired) electrons. The number of amides is 1. The van der Waals surface area contributed by atoms with Crippen molar-refractivity contribution in [2.24, 2.45) is 5.92 Å². The van der Waals surface area contributed by atoms with E-state index in [4.69, 9.17) is 4.74 Å². The topological polar surface area (TPSA) is 78.9 Å². The maximum Gasteiger partial charge on any atom is 0.320 e. The van der Waals surface area contributed by atoms with Crippen LogP contribution in [-0.4, -0.2) is 35.7 Å². The molecule has 7 heteroatoms. The second-order valence-electron chi connectivity index (χ2n) is 9.02. The molecule has 2 aromatic carbocycles. The number of carbonyl (C=O) groups excluding carboxylic acids is 1. The van der Waals surface area contributed by atoms with Gasteiger partial charge in [-0.1, -0.05) is 56.4 Å². The number of hydrogen-bond acceptors (Lipinski definition) is 4. The van der Waals surface area contributed by atoms with E-state index < -0.39 is 18.1 Å². The molecule has 6 nitrogen and oxygen atoms in total. The van der Waals surface area contributed by atoms with Crippen molar-refractivity contribution >= 4 is 40.2 Å². The van der Waals surface area contributed by atoms with Gasteiger partial charge in [-0.3, -0.25) is 14.9 Å².